The Hall–Kier alpha value is -0.880. The van der Waals surface area contributed by atoms with Gasteiger partial charge in [0.25, 0.3) is 5.56 Å². The third kappa shape index (κ3) is 2.12. The number of H-pyrrole nitrogens is 1. The summed E-state index contributed by atoms with van der Waals surface area (Å²) in [6.07, 6.45) is 2.36. The molecule has 0 spiro atoms. The molecule has 0 aliphatic carbocycles. The number of halogens is 1. The second kappa shape index (κ2) is 4.55. The smallest absolute Gasteiger partial charge is 0.267 e. The van der Waals surface area contributed by atoms with Gasteiger partial charge in [0.05, 0.1) is 6.33 Å². The van der Waals surface area contributed by atoms with Crippen molar-refractivity contribution in [3.63, 3.8) is 0 Å². The third-order valence-corrected chi connectivity index (χ3v) is 3.76. The number of piperidine rings is 1. The van der Waals surface area contributed by atoms with Gasteiger partial charge in [-0.25, -0.2) is 4.98 Å². The van der Waals surface area contributed by atoms with Crippen LogP contribution < -0.4 is 16.2 Å². The molecule has 0 saturated carbocycles. The Morgan fingerprint density at radius 2 is 2.44 bits per heavy atom. The average Bonchev–Trinajstić information content (AvgIpc) is 2.26. The summed E-state index contributed by atoms with van der Waals surface area (Å²) in [6, 6.07) is 0.247. The monoisotopic (exact) mass is 286 g/mol. The minimum atomic E-state index is -0.146. The molecule has 6 heteroatoms. The van der Waals surface area contributed by atoms with Gasteiger partial charge in [-0.2, -0.15) is 0 Å². The molecule has 0 bridgehead atoms. The molecule has 5 nitrogen and oxygen atoms in total. The van der Waals surface area contributed by atoms with E-state index in [0.29, 0.717) is 16.2 Å². The van der Waals surface area contributed by atoms with E-state index < -0.39 is 0 Å². The molecule has 0 radical (unpaired) electrons. The van der Waals surface area contributed by atoms with Crippen molar-refractivity contribution >= 4 is 21.7 Å². The summed E-state index contributed by atoms with van der Waals surface area (Å²) in [5, 5.41) is 0. The number of aromatic amines is 1. The van der Waals surface area contributed by atoms with E-state index in [1.54, 1.807) is 0 Å². The molecule has 1 fully saturated rings. The van der Waals surface area contributed by atoms with E-state index in [9.17, 15) is 4.79 Å². The second-order valence-corrected chi connectivity index (χ2v) is 5.04. The molecule has 88 valence electrons. The average molecular weight is 287 g/mol. The lowest BCUT2D eigenvalue weighted by atomic mass is 9.95. The molecule has 0 amide bonds. The molecule has 2 rings (SSSR count). The summed E-state index contributed by atoms with van der Waals surface area (Å²) in [4.78, 5) is 20.3. The number of nitrogens with zero attached hydrogens (tertiary/aromatic N) is 2. The predicted molar refractivity (Wildman–Crippen MR) is 66.5 cm³/mol. The highest BCUT2D eigenvalue weighted by Crippen LogP contribution is 2.24. The van der Waals surface area contributed by atoms with Gasteiger partial charge in [0, 0.05) is 19.1 Å². The molecule has 1 aliphatic heterocycles. The van der Waals surface area contributed by atoms with E-state index >= 15 is 0 Å². The number of nitrogens with one attached hydrogen (secondary N) is 1. The van der Waals surface area contributed by atoms with Crippen molar-refractivity contribution in [1.82, 2.24) is 9.97 Å². The van der Waals surface area contributed by atoms with Crippen LogP contribution in [0.15, 0.2) is 15.6 Å². The van der Waals surface area contributed by atoms with Crippen molar-refractivity contribution in [3.8, 4) is 0 Å². The maximum Gasteiger partial charge on any atom is 0.267 e. The van der Waals surface area contributed by atoms with E-state index in [1.165, 1.54) is 6.33 Å². The molecule has 2 atom stereocenters. The van der Waals surface area contributed by atoms with Gasteiger partial charge in [-0.1, -0.05) is 6.92 Å². The summed E-state index contributed by atoms with van der Waals surface area (Å²) in [5.74, 6) is 1.13. The Morgan fingerprint density at radius 3 is 3.12 bits per heavy atom. The zero-order valence-electron chi connectivity index (χ0n) is 9.11. The van der Waals surface area contributed by atoms with Gasteiger partial charge in [0.2, 0.25) is 0 Å². The van der Waals surface area contributed by atoms with E-state index in [4.69, 9.17) is 5.73 Å². The summed E-state index contributed by atoms with van der Waals surface area (Å²) in [6.45, 7) is 3.81. The fraction of sp³-hybridized carbons (Fsp3) is 0.600. The normalized spacial score (nSPS) is 25.8. The SMILES string of the molecule is CC1CN(c2nc[nH]c(=O)c2Br)CCC1N. The number of anilines is 1. The Labute approximate surface area is 102 Å². The van der Waals surface area contributed by atoms with Crippen LogP contribution in [0.4, 0.5) is 5.82 Å². The van der Waals surface area contributed by atoms with Gasteiger partial charge in [-0.15, -0.1) is 0 Å². The van der Waals surface area contributed by atoms with Crippen LogP contribution in [-0.4, -0.2) is 29.1 Å². The van der Waals surface area contributed by atoms with Gasteiger partial charge < -0.3 is 15.6 Å². The zero-order valence-corrected chi connectivity index (χ0v) is 10.7. The molecular formula is C10H15BrN4O. The van der Waals surface area contributed by atoms with Gasteiger partial charge in [0.1, 0.15) is 10.3 Å². The fourth-order valence-corrected chi connectivity index (χ4v) is 2.42. The van der Waals surface area contributed by atoms with Gasteiger partial charge in [0.15, 0.2) is 0 Å². The van der Waals surface area contributed by atoms with Crippen molar-refractivity contribution in [2.45, 2.75) is 19.4 Å². The van der Waals surface area contributed by atoms with E-state index in [2.05, 4.69) is 37.7 Å². The molecule has 1 aliphatic rings. The molecule has 2 unspecified atom stereocenters. The van der Waals surface area contributed by atoms with Crippen LogP contribution in [0, 0.1) is 5.92 Å². The third-order valence-electron chi connectivity index (χ3n) is 3.05. The molecule has 1 aromatic rings. The number of hydrogen-bond acceptors (Lipinski definition) is 4. The molecule has 1 aromatic heterocycles. The molecule has 3 N–H and O–H groups in total. The fourth-order valence-electron chi connectivity index (χ4n) is 1.95. The highest BCUT2D eigenvalue weighted by atomic mass is 79.9. The predicted octanol–water partition coefficient (Wildman–Crippen LogP) is 0.706. The summed E-state index contributed by atoms with van der Waals surface area (Å²) in [5.41, 5.74) is 5.81. The van der Waals surface area contributed by atoms with Crippen LogP contribution in [0.5, 0.6) is 0 Å². The quantitative estimate of drug-likeness (QED) is 0.797. The van der Waals surface area contributed by atoms with E-state index in [-0.39, 0.29) is 11.6 Å². The lowest BCUT2D eigenvalue weighted by Crippen LogP contribution is -2.46. The number of aromatic nitrogens is 2. The van der Waals surface area contributed by atoms with Gasteiger partial charge in [-0.3, -0.25) is 4.79 Å². The first-order valence-electron chi connectivity index (χ1n) is 5.33. The highest BCUT2D eigenvalue weighted by molar-refractivity contribution is 9.10. The van der Waals surface area contributed by atoms with Crippen molar-refractivity contribution in [1.29, 1.82) is 0 Å². The Balaban J connectivity index is 2.25. The topological polar surface area (TPSA) is 75.0 Å². The summed E-state index contributed by atoms with van der Waals surface area (Å²) < 4.78 is 0.498. The van der Waals surface area contributed by atoms with Crippen LogP contribution >= 0.6 is 15.9 Å². The zero-order chi connectivity index (χ0) is 11.7. The van der Waals surface area contributed by atoms with Crippen molar-refractivity contribution in [2.75, 3.05) is 18.0 Å². The standard InChI is InChI=1S/C10H15BrN4O/c1-6-4-15(3-2-7(6)12)9-8(11)10(16)14-5-13-9/h5-7H,2-4,12H2,1H3,(H,13,14,16). The second-order valence-electron chi connectivity index (χ2n) is 4.25. The maximum atomic E-state index is 11.4. The summed E-state index contributed by atoms with van der Waals surface area (Å²) >= 11 is 3.27. The molecule has 2 heterocycles. The van der Waals surface area contributed by atoms with E-state index in [0.717, 1.165) is 19.5 Å². The number of nitrogens with two attached hydrogens (primary N) is 1. The van der Waals surface area contributed by atoms with Crippen molar-refractivity contribution in [3.05, 3.63) is 21.2 Å². The van der Waals surface area contributed by atoms with Crippen LogP contribution in [-0.2, 0) is 0 Å². The van der Waals surface area contributed by atoms with Crippen LogP contribution in [0.25, 0.3) is 0 Å². The maximum absolute atomic E-state index is 11.4. The largest absolute Gasteiger partial charge is 0.355 e. The minimum absolute atomic E-state index is 0.146. The lowest BCUT2D eigenvalue weighted by molar-refractivity contribution is 0.381. The van der Waals surface area contributed by atoms with Gasteiger partial charge >= 0.3 is 0 Å². The molecule has 1 saturated heterocycles. The first-order chi connectivity index (χ1) is 7.59. The Kier molecular flexibility index (Phi) is 3.30. The summed E-state index contributed by atoms with van der Waals surface area (Å²) in [7, 11) is 0. The first kappa shape index (κ1) is 11.6. The highest BCUT2D eigenvalue weighted by Gasteiger charge is 2.25. The number of hydrogen-bond donors (Lipinski definition) is 2. The minimum Gasteiger partial charge on any atom is -0.355 e. The first-order valence-corrected chi connectivity index (χ1v) is 6.12. The van der Waals surface area contributed by atoms with Crippen molar-refractivity contribution < 1.29 is 0 Å². The molecular weight excluding hydrogens is 272 g/mol. The van der Waals surface area contributed by atoms with Crippen LogP contribution in [0.1, 0.15) is 13.3 Å². The lowest BCUT2D eigenvalue weighted by Gasteiger charge is -2.35. The van der Waals surface area contributed by atoms with Crippen LogP contribution in [0.3, 0.4) is 0 Å². The van der Waals surface area contributed by atoms with Crippen molar-refractivity contribution in [2.24, 2.45) is 11.7 Å². The van der Waals surface area contributed by atoms with Gasteiger partial charge in [-0.05, 0) is 28.3 Å². The van der Waals surface area contributed by atoms with Crippen LogP contribution in [0.2, 0.25) is 0 Å². The number of rotatable bonds is 1. The Morgan fingerprint density at radius 1 is 1.69 bits per heavy atom. The Bertz CT molecular complexity index is 433. The van der Waals surface area contributed by atoms with E-state index in [1.807, 2.05) is 0 Å². The molecule has 16 heavy (non-hydrogen) atoms. The molecule has 0 aromatic carbocycles.